The van der Waals surface area contributed by atoms with E-state index in [1.54, 1.807) is 55.6 Å². The first-order valence-corrected chi connectivity index (χ1v) is 14.3. The van der Waals surface area contributed by atoms with Crippen molar-refractivity contribution in [3.63, 3.8) is 0 Å². The lowest BCUT2D eigenvalue weighted by molar-refractivity contribution is -0.137. The van der Waals surface area contributed by atoms with Crippen molar-refractivity contribution in [3.8, 4) is 33.8 Å². The maximum Gasteiger partial charge on any atom is 0.416 e. The maximum absolute atomic E-state index is 13.3. The minimum absolute atomic E-state index is 0.0692. The van der Waals surface area contributed by atoms with E-state index in [0.717, 1.165) is 12.1 Å². The number of rotatable bonds is 6. The highest BCUT2D eigenvalue weighted by Crippen LogP contribution is 2.33. The second kappa shape index (κ2) is 11.1. The fraction of sp³-hybridized carbons (Fsp3) is 0.267. The molecule has 0 spiro atoms. The number of aromatic nitrogens is 2. The molecule has 1 saturated heterocycles. The predicted octanol–water partition coefficient (Wildman–Crippen LogP) is 6.60. The molecular weight excluding hydrogens is 539 g/mol. The Morgan fingerprint density at radius 3 is 2.15 bits per heavy atom. The summed E-state index contributed by atoms with van der Waals surface area (Å²) >= 11 is 0. The first-order chi connectivity index (χ1) is 19.0. The molecule has 0 unspecified atom stereocenters. The molecule has 6 nitrogen and oxygen atoms in total. The summed E-state index contributed by atoms with van der Waals surface area (Å²) in [5, 5.41) is 0. The molecule has 1 fully saturated rings. The number of nitrogens with zero attached hydrogens (tertiary/aromatic N) is 3. The number of pyridine rings is 2. The average molecular weight is 568 g/mol. The average Bonchev–Trinajstić information content (AvgIpc) is 2.96. The number of hydrogen-bond donors (Lipinski definition) is 0. The van der Waals surface area contributed by atoms with Gasteiger partial charge >= 0.3 is 6.18 Å². The molecule has 10 heteroatoms. The number of ether oxygens (including phenoxy) is 1. The smallest absolute Gasteiger partial charge is 0.381 e. The molecule has 1 aliphatic heterocycles. The van der Waals surface area contributed by atoms with E-state index in [-0.39, 0.29) is 11.0 Å². The van der Waals surface area contributed by atoms with Gasteiger partial charge in [0.05, 0.1) is 33.6 Å². The summed E-state index contributed by atoms with van der Waals surface area (Å²) in [5.74, 6) is 0. The number of halogens is 3. The molecule has 0 bridgehead atoms. The zero-order chi connectivity index (χ0) is 28.5. The maximum atomic E-state index is 13.3. The number of aryl methyl sites for hydroxylation is 1. The van der Waals surface area contributed by atoms with Gasteiger partial charge in [0.2, 0.25) is 10.0 Å². The molecule has 0 radical (unpaired) electrons. The molecule has 40 heavy (non-hydrogen) atoms. The molecule has 4 aromatic rings. The van der Waals surface area contributed by atoms with Crippen LogP contribution in [0.4, 0.5) is 13.2 Å². The summed E-state index contributed by atoms with van der Waals surface area (Å²) in [5.41, 5.74) is 3.66. The zero-order valence-electron chi connectivity index (χ0n) is 22.0. The van der Waals surface area contributed by atoms with E-state index in [2.05, 4.69) is 4.98 Å². The number of sulfonamides is 1. The molecule has 0 saturated carbocycles. The van der Waals surface area contributed by atoms with Gasteiger partial charge in [-0.2, -0.15) is 17.5 Å². The highest BCUT2D eigenvalue weighted by molar-refractivity contribution is 7.89. The number of alkyl halides is 3. The quantitative estimate of drug-likeness (QED) is 0.262. The lowest BCUT2D eigenvalue weighted by Crippen LogP contribution is -2.40. The molecule has 208 valence electrons. The lowest BCUT2D eigenvalue weighted by atomic mass is 10.0. The van der Waals surface area contributed by atoms with Crippen LogP contribution in [-0.2, 0) is 20.9 Å². The van der Waals surface area contributed by atoms with Gasteiger partial charge in [-0.05, 0) is 79.4 Å². The van der Waals surface area contributed by atoms with E-state index in [1.807, 2.05) is 13.0 Å². The van der Waals surface area contributed by atoms with E-state index in [4.69, 9.17) is 9.72 Å². The van der Waals surface area contributed by atoms with Gasteiger partial charge in [-0.3, -0.25) is 4.98 Å². The lowest BCUT2D eigenvalue weighted by Gasteiger charge is -2.30. The van der Waals surface area contributed by atoms with Gasteiger partial charge in [-0.15, -0.1) is 0 Å². The van der Waals surface area contributed by atoms with Crippen molar-refractivity contribution in [2.24, 2.45) is 0 Å². The minimum atomic E-state index is -4.40. The predicted molar refractivity (Wildman–Crippen MR) is 147 cm³/mol. The van der Waals surface area contributed by atoms with Crippen molar-refractivity contribution in [3.05, 3.63) is 90.1 Å². The van der Waals surface area contributed by atoms with Crippen LogP contribution in [0.25, 0.3) is 33.8 Å². The van der Waals surface area contributed by atoms with E-state index >= 15 is 0 Å². The van der Waals surface area contributed by atoms with Crippen molar-refractivity contribution >= 4 is 10.0 Å². The van der Waals surface area contributed by atoms with Crippen LogP contribution in [0, 0.1) is 6.92 Å². The van der Waals surface area contributed by atoms with Crippen LogP contribution in [0.15, 0.2) is 83.8 Å². The third-order valence-corrected chi connectivity index (χ3v) is 8.91. The Morgan fingerprint density at radius 1 is 0.800 bits per heavy atom. The van der Waals surface area contributed by atoms with Crippen molar-refractivity contribution in [1.29, 1.82) is 0 Å². The van der Waals surface area contributed by atoms with Crippen LogP contribution < -0.4 is 0 Å². The normalized spacial score (nSPS) is 15.3. The second-order valence-electron chi connectivity index (χ2n) is 9.73. The van der Waals surface area contributed by atoms with Crippen molar-refractivity contribution in [1.82, 2.24) is 14.3 Å². The Labute approximate surface area is 231 Å². The van der Waals surface area contributed by atoms with Crippen molar-refractivity contribution in [2.75, 3.05) is 20.2 Å². The van der Waals surface area contributed by atoms with Crippen LogP contribution in [0.1, 0.15) is 24.1 Å². The largest absolute Gasteiger partial charge is 0.416 e. The minimum Gasteiger partial charge on any atom is -0.381 e. The van der Waals surface area contributed by atoms with Crippen LogP contribution in [0.2, 0.25) is 0 Å². The van der Waals surface area contributed by atoms with E-state index < -0.39 is 21.8 Å². The van der Waals surface area contributed by atoms with Gasteiger partial charge in [-0.25, -0.2) is 13.4 Å². The molecule has 0 aliphatic carbocycles. The molecule has 0 N–H and O–H groups in total. The Balaban J connectivity index is 1.44. The first kappa shape index (κ1) is 27.9. The number of methoxy groups -OCH3 is 1. The highest BCUT2D eigenvalue weighted by Gasteiger charge is 2.30. The Kier molecular flexibility index (Phi) is 7.76. The van der Waals surface area contributed by atoms with Crippen LogP contribution in [0.5, 0.6) is 0 Å². The van der Waals surface area contributed by atoms with E-state index in [1.165, 1.54) is 16.4 Å². The molecule has 0 atom stereocenters. The van der Waals surface area contributed by atoms with Crippen molar-refractivity contribution in [2.45, 2.75) is 36.9 Å². The fourth-order valence-corrected chi connectivity index (χ4v) is 6.35. The number of piperidine rings is 1. The van der Waals surface area contributed by atoms with Gasteiger partial charge in [-0.1, -0.05) is 30.3 Å². The Bertz CT molecular complexity index is 1620. The van der Waals surface area contributed by atoms with Gasteiger partial charge < -0.3 is 4.74 Å². The van der Waals surface area contributed by atoms with Crippen LogP contribution in [0.3, 0.4) is 0 Å². The summed E-state index contributed by atoms with van der Waals surface area (Å²) < 4.78 is 72.5. The van der Waals surface area contributed by atoms with Gasteiger partial charge in [0, 0.05) is 31.5 Å². The highest BCUT2D eigenvalue weighted by atomic mass is 32.2. The first-order valence-electron chi connectivity index (χ1n) is 12.8. The number of hydrogen-bond acceptors (Lipinski definition) is 5. The summed E-state index contributed by atoms with van der Waals surface area (Å²) in [7, 11) is -2.03. The van der Waals surface area contributed by atoms with Crippen LogP contribution >= 0.6 is 0 Å². The number of benzene rings is 2. The summed E-state index contributed by atoms with van der Waals surface area (Å²) in [6.45, 7) is 2.61. The molecule has 2 aromatic heterocycles. The molecule has 0 amide bonds. The third kappa shape index (κ3) is 5.94. The summed E-state index contributed by atoms with van der Waals surface area (Å²) in [6, 6.07) is 20.7. The zero-order valence-corrected chi connectivity index (χ0v) is 22.8. The van der Waals surface area contributed by atoms with Gasteiger partial charge in [0.15, 0.2) is 0 Å². The topological polar surface area (TPSA) is 72.4 Å². The van der Waals surface area contributed by atoms with E-state index in [0.29, 0.717) is 65.4 Å². The fourth-order valence-electron chi connectivity index (χ4n) is 4.83. The summed E-state index contributed by atoms with van der Waals surface area (Å²) in [6.07, 6.45) is -3.03. The Hall–Kier alpha value is -3.60. The second-order valence-corrected chi connectivity index (χ2v) is 11.7. The summed E-state index contributed by atoms with van der Waals surface area (Å²) in [4.78, 5) is 9.55. The standard InChI is InChI=1S/C30H28F3N3O3S/c1-20-17-23(21-9-11-24(12-10-21)30(31,32)33)19-29(34-20)28-8-4-7-27(35-28)22-5-3-6-26(18-22)40(37,38)36-15-13-25(39-2)14-16-36/h3-12,17-19,25H,13-16H2,1-2H3. The molecule has 2 aromatic carbocycles. The monoisotopic (exact) mass is 567 g/mol. The molecule has 5 rings (SSSR count). The van der Waals surface area contributed by atoms with Crippen molar-refractivity contribution < 1.29 is 26.3 Å². The Morgan fingerprint density at radius 2 is 1.48 bits per heavy atom. The van der Waals surface area contributed by atoms with E-state index in [9.17, 15) is 21.6 Å². The molecular formula is C30H28F3N3O3S. The third-order valence-electron chi connectivity index (χ3n) is 7.01. The van der Waals surface area contributed by atoms with Gasteiger partial charge in [0.1, 0.15) is 0 Å². The molecule has 1 aliphatic rings. The molecule has 3 heterocycles. The van der Waals surface area contributed by atoms with Gasteiger partial charge in [0.25, 0.3) is 0 Å². The SMILES string of the molecule is COC1CCN(S(=O)(=O)c2cccc(-c3cccc(-c4cc(-c5ccc(C(F)(F)F)cc5)cc(C)n4)n3)c2)CC1. The van der Waals surface area contributed by atoms with Crippen LogP contribution in [-0.4, -0.2) is 49.0 Å².